The Labute approximate surface area is 78.2 Å². The average Bonchev–Trinajstić information content (AvgIpc) is 2.17. The molecule has 3 heteroatoms. The molecular weight excluding hydrogens is 164 g/mol. The minimum atomic E-state index is -0.545. The quantitative estimate of drug-likeness (QED) is 0.727. The van der Waals surface area contributed by atoms with E-state index in [1.165, 1.54) is 4.90 Å². The third-order valence-electron chi connectivity index (χ3n) is 1.87. The number of carbonyl (C=O) groups is 1. The molecule has 0 heterocycles. The van der Waals surface area contributed by atoms with Crippen LogP contribution in [0.3, 0.4) is 0 Å². The van der Waals surface area contributed by atoms with Gasteiger partial charge in [-0.1, -0.05) is 30.3 Å². The molecular formula is C10H14N2O. The van der Waals surface area contributed by atoms with Gasteiger partial charge in [-0.15, -0.1) is 0 Å². The summed E-state index contributed by atoms with van der Waals surface area (Å²) in [6.07, 6.45) is 0. The molecule has 0 unspecified atom stereocenters. The van der Waals surface area contributed by atoms with Crippen LogP contribution in [0.4, 0.5) is 0 Å². The molecule has 2 N–H and O–H groups in total. The van der Waals surface area contributed by atoms with E-state index in [-0.39, 0.29) is 5.91 Å². The number of hydrogen-bond donors (Lipinski definition) is 1. The molecule has 13 heavy (non-hydrogen) atoms. The monoisotopic (exact) mass is 178 g/mol. The van der Waals surface area contributed by atoms with Gasteiger partial charge in [0.25, 0.3) is 0 Å². The number of amides is 1. The summed E-state index contributed by atoms with van der Waals surface area (Å²) < 4.78 is 0. The van der Waals surface area contributed by atoms with Gasteiger partial charge in [-0.25, -0.2) is 0 Å². The fourth-order valence-corrected chi connectivity index (χ4v) is 1.08. The minimum absolute atomic E-state index is 0.0776. The van der Waals surface area contributed by atoms with Gasteiger partial charge in [-0.05, 0) is 5.56 Å². The maximum Gasteiger partial charge on any atom is 0.243 e. The van der Waals surface area contributed by atoms with Crippen molar-refractivity contribution in [1.82, 2.24) is 4.90 Å². The first-order valence-corrected chi connectivity index (χ1v) is 4.14. The topological polar surface area (TPSA) is 46.3 Å². The second-order valence-electron chi connectivity index (χ2n) is 3.12. The van der Waals surface area contributed by atoms with Crippen molar-refractivity contribution in [3.05, 3.63) is 35.9 Å². The van der Waals surface area contributed by atoms with Crippen molar-refractivity contribution in [2.24, 2.45) is 5.73 Å². The largest absolute Gasteiger partial charge is 0.347 e. The Morgan fingerprint density at radius 1 is 1.31 bits per heavy atom. The molecule has 0 aliphatic rings. The van der Waals surface area contributed by atoms with Gasteiger partial charge in [-0.2, -0.15) is 0 Å². The summed E-state index contributed by atoms with van der Waals surface area (Å²) in [5.74, 6) is -0.0776. The van der Waals surface area contributed by atoms with Gasteiger partial charge in [0.2, 0.25) is 5.91 Å². The van der Waals surface area contributed by atoms with Gasteiger partial charge in [0.15, 0.2) is 0 Å². The molecule has 0 bridgehead atoms. The van der Waals surface area contributed by atoms with Gasteiger partial charge in [0, 0.05) is 14.1 Å². The standard InChI is InChI=1S/C10H14N2O/c1-12(2)10(13)9(11)8-6-4-3-5-7-8/h3-7,9H,11H2,1-2H3/t9-/m1/s1. The van der Waals surface area contributed by atoms with Crippen molar-refractivity contribution in [3.63, 3.8) is 0 Å². The van der Waals surface area contributed by atoms with Gasteiger partial charge >= 0.3 is 0 Å². The van der Waals surface area contributed by atoms with E-state index >= 15 is 0 Å². The first-order valence-electron chi connectivity index (χ1n) is 4.14. The SMILES string of the molecule is CN(C)C(=O)[C@H](N)c1ccccc1. The average molecular weight is 178 g/mol. The number of likely N-dealkylation sites (N-methyl/N-ethyl adjacent to an activating group) is 1. The minimum Gasteiger partial charge on any atom is -0.347 e. The maximum atomic E-state index is 11.4. The number of carbonyl (C=O) groups excluding carboxylic acids is 1. The Hall–Kier alpha value is -1.35. The molecule has 0 aromatic heterocycles. The van der Waals surface area contributed by atoms with E-state index in [2.05, 4.69) is 0 Å². The predicted octanol–water partition coefficient (Wildman–Crippen LogP) is 0.775. The number of benzene rings is 1. The highest BCUT2D eigenvalue weighted by Gasteiger charge is 2.16. The highest BCUT2D eigenvalue weighted by Crippen LogP contribution is 2.10. The lowest BCUT2D eigenvalue weighted by Crippen LogP contribution is -2.33. The molecule has 1 rings (SSSR count). The molecule has 0 aliphatic heterocycles. The molecule has 0 aliphatic carbocycles. The van der Waals surface area contributed by atoms with E-state index in [1.54, 1.807) is 14.1 Å². The number of rotatable bonds is 2. The molecule has 1 atom stereocenters. The van der Waals surface area contributed by atoms with Crippen LogP contribution in [0.1, 0.15) is 11.6 Å². The Morgan fingerprint density at radius 3 is 2.31 bits per heavy atom. The van der Waals surface area contributed by atoms with Crippen LogP contribution in [0.25, 0.3) is 0 Å². The van der Waals surface area contributed by atoms with E-state index in [0.717, 1.165) is 5.56 Å². The fourth-order valence-electron chi connectivity index (χ4n) is 1.08. The van der Waals surface area contributed by atoms with Crippen molar-refractivity contribution in [1.29, 1.82) is 0 Å². The predicted molar refractivity (Wildman–Crippen MR) is 52.1 cm³/mol. The zero-order valence-electron chi connectivity index (χ0n) is 7.90. The highest BCUT2D eigenvalue weighted by molar-refractivity contribution is 5.82. The molecule has 0 fully saturated rings. The third-order valence-corrected chi connectivity index (χ3v) is 1.87. The van der Waals surface area contributed by atoms with Gasteiger partial charge in [0.05, 0.1) is 0 Å². The van der Waals surface area contributed by atoms with Crippen LogP contribution in [0.5, 0.6) is 0 Å². The summed E-state index contributed by atoms with van der Waals surface area (Å²) in [5.41, 5.74) is 6.60. The molecule has 0 saturated heterocycles. The molecule has 0 saturated carbocycles. The van der Waals surface area contributed by atoms with Crippen molar-refractivity contribution >= 4 is 5.91 Å². The number of nitrogens with zero attached hydrogens (tertiary/aromatic N) is 1. The zero-order valence-corrected chi connectivity index (χ0v) is 7.90. The lowest BCUT2D eigenvalue weighted by Gasteiger charge is -2.16. The second kappa shape index (κ2) is 4.05. The highest BCUT2D eigenvalue weighted by atomic mass is 16.2. The van der Waals surface area contributed by atoms with Crippen LogP contribution < -0.4 is 5.73 Å². The Bertz CT molecular complexity index is 282. The molecule has 0 radical (unpaired) electrons. The lowest BCUT2D eigenvalue weighted by molar-refractivity contribution is -0.130. The molecule has 1 aromatic carbocycles. The summed E-state index contributed by atoms with van der Waals surface area (Å²) in [6.45, 7) is 0. The Kier molecular flexibility index (Phi) is 3.03. The summed E-state index contributed by atoms with van der Waals surface area (Å²) >= 11 is 0. The van der Waals surface area contributed by atoms with Crippen molar-refractivity contribution in [2.75, 3.05) is 14.1 Å². The Balaban J connectivity index is 2.80. The lowest BCUT2D eigenvalue weighted by atomic mass is 10.1. The normalized spacial score (nSPS) is 12.2. The second-order valence-corrected chi connectivity index (χ2v) is 3.12. The van der Waals surface area contributed by atoms with Crippen molar-refractivity contribution in [2.45, 2.75) is 6.04 Å². The molecule has 1 aromatic rings. The summed E-state index contributed by atoms with van der Waals surface area (Å²) in [6, 6.07) is 8.81. The van der Waals surface area contributed by atoms with Crippen molar-refractivity contribution < 1.29 is 4.79 Å². The zero-order chi connectivity index (χ0) is 9.84. The molecule has 1 amide bonds. The van der Waals surface area contributed by atoms with Crippen LogP contribution in [0.15, 0.2) is 30.3 Å². The van der Waals surface area contributed by atoms with E-state index in [9.17, 15) is 4.79 Å². The van der Waals surface area contributed by atoms with Crippen LogP contribution in [0.2, 0.25) is 0 Å². The van der Waals surface area contributed by atoms with E-state index in [0.29, 0.717) is 0 Å². The van der Waals surface area contributed by atoms with E-state index in [4.69, 9.17) is 5.73 Å². The van der Waals surface area contributed by atoms with Crippen LogP contribution in [-0.4, -0.2) is 24.9 Å². The van der Waals surface area contributed by atoms with E-state index in [1.807, 2.05) is 30.3 Å². The molecule has 70 valence electrons. The first-order chi connectivity index (χ1) is 6.13. The van der Waals surface area contributed by atoms with Gasteiger partial charge in [-0.3, -0.25) is 4.79 Å². The molecule has 0 spiro atoms. The van der Waals surface area contributed by atoms with Crippen LogP contribution in [0, 0.1) is 0 Å². The van der Waals surface area contributed by atoms with E-state index < -0.39 is 6.04 Å². The summed E-state index contributed by atoms with van der Waals surface area (Å²) in [7, 11) is 3.40. The maximum absolute atomic E-state index is 11.4. The summed E-state index contributed by atoms with van der Waals surface area (Å²) in [5, 5.41) is 0. The Morgan fingerprint density at radius 2 is 1.85 bits per heavy atom. The summed E-state index contributed by atoms with van der Waals surface area (Å²) in [4.78, 5) is 12.9. The number of nitrogens with two attached hydrogens (primary N) is 1. The first kappa shape index (κ1) is 9.74. The number of hydrogen-bond acceptors (Lipinski definition) is 2. The smallest absolute Gasteiger partial charge is 0.243 e. The van der Waals surface area contributed by atoms with Crippen LogP contribution in [-0.2, 0) is 4.79 Å². The third kappa shape index (κ3) is 2.29. The fraction of sp³-hybridized carbons (Fsp3) is 0.300. The van der Waals surface area contributed by atoms with Gasteiger partial charge in [0.1, 0.15) is 6.04 Å². The molecule has 3 nitrogen and oxygen atoms in total. The van der Waals surface area contributed by atoms with Crippen LogP contribution >= 0.6 is 0 Å². The van der Waals surface area contributed by atoms with Crippen molar-refractivity contribution in [3.8, 4) is 0 Å². The van der Waals surface area contributed by atoms with Gasteiger partial charge < -0.3 is 10.6 Å².